The van der Waals surface area contributed by atoms with Gasteiger partial charge in [-0.05, 0) is 6.07 Å². The summed E-state index contributed by atoms with van der Waals surface area (Å²) in [6.45, 7) is 4.22. The van der Waals surface area contributed by atoms with Crippen LogP contribution < -0.4 is 4.90 Å². The molecule has 2 aromatic carbocycles. The third-order valence-corrected chi connectivity index (χ3v) is 5.23. The number of morpholine rings is 1. The number of benzene rings is 2. The highest BCUT2D eigenvalue weighted by Gasteiger charge is 2.38. The Balaban J connectivity index is 1.58. The van der Waals surface area contributed by atoms with Gasteiger partial charge in [0, 0.05) is 29.8 Å². The molecule has 3 heterocycles. The SMILES string of the molecule is O=C1/C(=C2\OCc3ccccc32)c2ccccc2N1CN1CCOCC1. The Hall–Kier alpha value is -2.63. The second kappa shape index (κ2) is 6.27. The van der Waals surface area contributed by atoms with Crippen molar-refractivity contribution in [2.24, 2.45) is 0 Å². The fourth-order valence-electron chi connectivity index (χ4n) is 3.88. The molecule has 5 heteroatoms. The summed E-state index contributed by atoms with van der Waals surface area (Å²) in [7, 11) is 0. The van der Waals surface area contributed by atoms with Gasteiger partial charge < -0.3 is 9.47 Å². The van der Waals surface area contributed by atoms with E-state index in [0.29, 0.717) is 37.8 Å². The van der Waals surface area contributed by atoms with E-state index in [1.807, 2.05) is 47.4 Å². The molecule has 1 saturated heterocycles. The van der Waals surface area contributed by atoms with E-state index < -0.39 is 0 Å². The average Bonchev–Trinajstić information content (AvgIpc) is 3.22. The number of amides is 1. The minimum absolute atomic E-state index is 0.0180. The van der Waals surface area contributed by atoms with Crippen LogP contribution >= 0.6 is 0 Å². The van der Waals surface area contributed by atoms with Gasteiger partial charge in [0.2, 0.25) is 0 Å². The van der Waals surface area contributed by atoms with Crippen LogP contribution in [0.5, 0.6) is 0 Å². The molecule has 3 aliphatic rings. The van der Waals surface area contributed by atoms with Gasteiger partial charge in [0.1, 0.15) is 12.4 Å². The monoisotopic (exact) mass is 348 g/mol. The van der Waals surface area contributed by atoms with E-state index in [2.05, 4.69) is 11.0 Å². The van der Waals surface area contributed by atoms with Crippen LogP contribution in [0.2, 0.25) is 0 Å². The number of rotatable bonds is 2. The maximum Gasteiger partial charge on any atom is 0.263 e. The number of fused-ring (bicyclic) bond motifs is 2. The van der Waals surface area contributed by atoms with Gasteiger partial charge in [-0.3, -0.25) is 14.6 Å². The van der Waals surface area contributed by atoms with Crippen molar-refractivity contribution >= 4 is 22.9 Å². The first kappa shape index (κ1) is 15.6. The van der Waals surface area contributed by atoms with Crippen molar-refractivity contribution in [3.05, 3.63) is 65.2 Å². The van der Waals surface area contributed by atoms with Gasteiger partial charge in [-0.15, -0.1) is 0 Å². The van der Waals surface area contributed by atoms with E-state index in [-0.39, 0.29) is 5.91 Å². The van der Waals surface area contributed by atoms with Crippen molar-refractivity contribution in [2.75, 3.05) is 37.9 Å². The van der Waals surface area contributed by atoms with E-state index in [1.165, 1.54) is 0 Å². The Bertz CT molecular complexity index is 900. The lowest BCUT2D eigenvalue weighted by Gasteiger charge is -2.30. The number of nitrogens with zero attached hydrogens (tertiary/aromatic N) is 2. The maximum absolute atomic E-state index is 13.4. The van der Waals surface area contributed by atoms with Crippen LogP contribution in [0, 0.1) is 0 Å². The first-order valence-electron chi connectivity index (χ1n) is 8.99. The predicted molar refractivity (Wildman–Crippen MR) is 99.2 cm³/mol. The molecule has 1 amide bonds. The zero-order chi connectivity index (χ0) is 17.5. The molecular formula is C21H20N2O3. The van der Waals surface area contributed by atoms with Crippen LogP contribution in [0.15, 0.2) is 48.5 Å². The Morgan fingerprint density at radius 1 is 0.923 bits per heavy atom. The van der Waals surface area contributed by atoms with Gasteiger partial charge in [-0.1, -0.05) is 42.5 Å². The van der Waals surface area contributed by atoms with Gasteiger partial charge in [-0.2, -0.15) is 0 Å². The molecule has 26 heavy (non-hydrogen) atoms. The minimum Gasteiger partial charge on any atom is -0.487 e. The first-order valence-corrected chi connectivity index (χ1v) is 8.99. The van der Waals surface area contributed by atoms with Crippen LogP contribution in [0.3, 0.4) is 0 Å². The molecule has 0 radical (unpaired) electrons. The number of anilines is 1. The summed E-state index contributed by atoms with van der Waals surface area (Å²) in [6.07, 6.45) is 0. The molecule has 0 saturated carbocycles. The summed E-state index contributed by atoms with van der Waals surface area (Å²) in [5.74, 6) is 0.729. The van der Waals surface area contributed by atoms with Crippen molar-refractivity contribution in [2.45, 2.75) is 6.61 Å². The molecule has 5 rings (SSSR count). The highest BCUT2D eigenvalue weighted by Crippen LogP contribution is 2.43. The molecule has 0 spiro atoms. The zero-order valence-corrected chi connectivity index (χ0v) is 14.5. The topological polar surface area (TPSA) is 42.0 Å². The molecule has 0 atom stereocenters. The van der Waals surface area contributed by atoms with Crippen molar-refractivity contribution in [1.29, 1.82) is 0 Å². The second-order valence-corrected chi connectivity index (χ2v) is 6.77. The molecule has 0 unspecified atom stereocenters. The van der Waals surface area contributed by atoms with Gasteiger partial charge in [0.25, 0.3) is 5.91 Å². The second-order valence-electron chi connectivity index (χ2n) is 6.77. The zero-order valence-electron chi connectivity index (χ0n) is 14.5. The smallest absolute Gasteiger partial charge is 0.263 e. The highest BCUT2D eigenvalue weighted by atomic mass is 16.5. The summed E-state index contributed by atoms with van der Waals surface area (Å²) >= 11 is 0. The Morgan fingerprint density at radius 2 is 1.65 bits per heavy atom. The van der Waals surface area contributed by atoms with Crippen LogP contribution in [0.25, 0.3) is 11.3 Å². The number of para-hydroxylation sites is 1. The quantitative estimate of drug-likeness (QED) is 0.783. The van der Waals surface area contributed by atoms with Gasteiger partial charge in [0.05, 0.1) is 31.1 Å². The van der Waals surface area contributed by atoms with E-state index >= 15 is 0 Å². The highest BCUT2D eigenvalue weighted by molar-refractivity contribution is 6.37. The molecular weight excluding hydrogens is 328 g/mol. The normalized spacial score (nSPS) is 22.3. The van der Waals surface area contributed by atoms with Crippen molar-refractivity contribution in [3.63, 3.8) is 0 Å². The summed E-state index contributed by atoms with van der Waals surface area (Å²) in [4.78, 5) is 17.5. The van der Waals surface area contributed by atoms with Crippen LogP contribution in [0.4, 0.5) is 5.69 Å². The minimum atomic E-state index is 0.0180. The van der Waals surface area contributed by atoms with Crippen molar-refractivity contribution < 1.29 is 14.3 Å². The molecule has 0 N–H and O–H groups in total. The number of ether oxygens (including phenoxy) is 2. The van der Waals surface area contributed by atoms with Gasteiger partial charge >= 0.3 is 0 Å². The molecule has 1 fully saturated rings. The van der Waals surface area contributed by atoms with E-state index in [0.717, 1.165) is 35.5 Å². The largest absolute Gasteiger partial charge is 0.487 e. The molecule has 0 bridgehead atoms. The maximum atomic E-state index is 13.4. The number of hydrogen-bond acceptors (Lipinski definition) is 4. The third kappa shape index (κ3) is 2.43. The molecule has 0 aromatic heterocycles. The fourth-order valence-corrected chi connectivity index (χ4v) is 3.88. The molecule has 3 aliphatic heterocycles. The first-order chi connectivity index (χ1) is 12.8. The summed E-state index contributed by atoms with van der Waals surface area (Å²) in [6, 6.07) is 16.1. The number of carbonyl (C=O) groups is 1. The average molecular weight is 348 g/mol. The molecule has 2 aromatic rings. The lowest BCUT2D eigenvalue weighted by Crippen LogP contribution is -2.45. The van der Waals surface area contributed by atoms with Crippen LogP contribution in [-0.2, 0) is 20.9 Å². The summed E-state index contributed by atoms with van der Waals surface area (Å²) in [5.41, 5.74) is 4.75. The van der Waals surface area contributed by atoms with E-state index in [9.17, 15) is 4.79 Å². The summed E-state index contributed by atoms with van der Waals surface area (Å²) < 4.78 is 11.4. The lowest BCUT2D eigenvalue weighted by molar-refractivity contribution is -0.113. The van der Waals surface area contributed by atoms with Crippen LogP contribution in [0.1, 0.15) is 16.7 Å². The van der Waals surface area contributed by atoms with Crippen molar-refractivity contribution in [1.82, 2.24) is 4.90 Å². The molecule has 5 nitrogen and oxygen atoms in total. The van der Waals surface area contributed by atoms with E-state index in [4.69, 9.17) is 9.47 Å². The Labute approximate surface area is 152 Å². The Morgan fingerprint density at radius 3 is 2.50 bits per heavy atom. The molecule has 132 valence electrons. The van der Waals surface area contributed by atoms with Gasteiger partial charge in [0.15, 0.2) is 0 Å². The number of hydrogen-bond donors (Lipinski definition) is 0. The van der Waals surface area contributed by atoms with E-state index in [1.54, 1.807) is 0 Å². The standard InChI is InChI=1S/C21H20N2O3/c24-21-19(20-16-6-2-1-5-15(16)13-26-20)17-7-3-4-8-18(17)23(21)14-22-9-11-25-12-10-22/h1-8H,9-14H2/b20-19-. The van der Waals surface area contributed by atoms with Gasteiger partial charge in [-0.25, -0.2) is 0 Å². The Kier molecular flexibility index (Phi) is 3.76. The summed E-state index contributed by atoms with van der Waals surface area (Å²) in [5, 5.41) is 0. The third-order valence-electron chi connectivity index (χ3n) is 5.23. The lowest BCUT2D eigenvalue weighted by atomic mass is 10.0. The van der Waals surface area contributed by atoms with Crippen molar-refractivity contribution in [3.8, 4) is 0 Å². The number of carbonyl (C=O) groups excluding carboxylic acids is 1. The molecule has 0 aliphatic carbocycles. The fraction of sp³-hybridized carbons (Fsp3) is 0.286. The van der Waals surface area contributed by atoms with Crippen LogP contribution in [-0.4, -0.2) is 43.8 Å². The predicted octanol–water partition coefficient (Wildman–Crippen LogP) is 2.72.